The van der Waals surface area contributed by atoms with Gasteiger partial charge in [0.05, 0.1) is 4.92 Å². The second kappa shape index (κ2) is 7.73. The quantitative estimate of drug-likeness (QED) is 0.447. The van der Waals surface area contributed by atoms with E-state index in [-0.39, 0.29) is 11.6 Å². The van der Waals surface area contributed by atoms with Gasteiger partial charge in [-0.2, -0.15) is 0 Å². The first-order chi connectivity index (χ1) is 12.6. The Morgan fingerprint density at radius 3 is 2.50 bits per heavy atom. The van der Waals surface area contributed by atoms with E-state index >= 15 is 0 Å². The normalized spacial score (nSPS) is 9.69. The van der Waals surface area contributed by atoms with Gasteiger partial charge in [0, 0.05) is 35.1 Å². The van der Waals surface area contributed by atoms with E-state index in [9.17, 15) is 14.9 Å². The summed E-state index contributed by atoms with van der Waals surface area (Å²) in [4.78, 5) is 26.5. The van der Waals surface area contributed by atoms with E-state index in [4.69, 9.17) is 0 Å². The van der Waals surface area contributed by atoms with Gasteiger partial charge in [-0.1, -0.05) is 18.1 Å². The maximum Gasteiger partial charge on any atom is 0.269 e. The van der Waals surface area contributed by atoms with Gasteiger partial charge in [-0.15, -0.1) is 0 Å². The van der Waals surface area contributed by atoms with Gasteiger partial charge in [0.1, 0.15) is 5.69 Å². The lowest BCUT2D eigenvalue weighted by atomic mass is 10.1. The highest BCUT2D eigenvalue weighted by atomic mass is 16.6. The molecule has 0 aliphatic rings. The Balaban J connectivity index is 1.73. The van der Waals surface area contributed by atoms with Crippen LogP contribution >= 0.6 is 0 Å². The van der Waals surface area contributed by atoms with Crippen molar-refractivity contribution in [1.82, 2.24) is 4.98 Å². The molecule has 1 aromatic heterocycles. The second-order valence-corrected chi connectivity index (χ2v) is 5.30. The zero-order valence-electron chi connectivity index (χ0n) is 13.5. The molecule has 0 radical (unpaired) electrons. The first-order valence-electron chi connectivity index (χ1n) is 7.71. The lowest BCUT2D eigenvalue weighted by Gasteiger charge is -2.05. The topological polar surface area (TPSA) is 85.1 Å². The molecule has 1 N–H and O–H groups in total. The number of carbonyl (C=O) groups excluding carboxylic acids is 1. The number of nitro benzene ring substituents is 1. The van der Waals surface area contributed by atoms with Crippen molar-refractivity contribution in [3.63, 3.8) is 0 Å². The van der Waals surface area contributed by atoms with Gasteiger partial charge in [0.15, 0.2) is 0 Å². The molecule has 0 saturated carbocycles. The maximum atomic E-state index is 12.3. The summed E-state index contributed by atoms with van der Waals surface area (Å²) < 4.78 is 0. The van der Waals surface area contributed by atoms with Crippen LogP contribution in [0.15, 0.2) is 72.9 Å². The van der Waals surface area contributed by atoms with Crippen molar-refractivity contribution in [2.24, 2.45) is 0 Å². The minimum absolute atomic E-state index is 0.0617. The van der Waals surface area contributed by atoms with Crippen molar-refractivity contribution in [1.29, 1.82) is 0 Å². The average molecular weight is 343 g/mol. The number of rotatable bonds is 3. The number of carbonyl (C=O) groups is 1. The molecule has 0 aliphatic carbocycles. The fourth-order valence-electron chi connectivity index (χ4n) is 2.19. The highest BCUT2D eigenvalue weighted by Crippen LogP contribution is 2.15. The molecule has 126 valence electrons. The van der Waals surface area contributed by atoms with Crippen molar-refractivity contribution >= 4 is 17.3 Å². The van der Waals surface area contributed by atoms with E-state index in [1.807, 2.05) is 24.3 Å². The van der Waals surface area contributed by atoms with Gasteiger partial charge >= 0.3 is 0 Å². The third-order valence-electron chi connectivity index (χ3n) is 3.46. The molecule has 3 aromatic rings. The Kier molecular flexibility index (Phi) is 5.01. The molecular weight excluding hydrogens is 330 g/mol. The van der Waals surface area contributed by atoms with Crippen LogP contribution in [0.2, 0.25) is 0 Å². The van der Waals surface area contributed by atoms with E-state index in [0.29, 0.717) is 16.9 Å². The van der Waals surface area contributed by atoms with Gasteiger partial charge in [-0.05, 0) is 48.4 Å². The molecular formula is C20H13N3O3. The smallest absolute Gasteiger partial charge is 0.269 e. The molecule has 0 unspecified atom stereocenters. The summed E-state index contributed by atoms with van der Waals surface area (Å²) >= 11 is 0. The minimum atomic E-state index is -0.509. The van der Waals surface area contributed by atoms with Crippen LogP contribution in [0.25, 0.3) is 0 Å². The molecule has 6 heteroatoms. The summed E-state index contributed by atoms with van der Waals surface area (Å²) in [6, 6.07) is 18.0. The number of non-ortho nitro benzene ring substituents is 1. The molecule has 26 heavy (non-hydrogen) atoms. The molecule has 0 bridgehead atoms. The number of anilines is 1. The molecule has 0 atom stereocenters. The minimum Gasteiger partial charge on any atom is -0.322 e. The molecule has 0 spiro atoms. The SMILES string of the molecule is O=C(Nc1cccc(C#Cc2ccccn2)c1)c1ccc([N+](=O)[O-])cc1. The molecule has 6 nitrogen and oxygen atoms in total. The van der Waals surface area contributed by atoms with Crippen molar-refractivity contribution in [2.75, 3.05) is 5.32 Å². The van der Waals surface area contributed by atoms with Crippen LogP contribution in [-0.4, -0.2) is 15.8 Å². The van der Waals surface area contributed by atoms with E-state index in [2.05, 4.69) is 22.1 Å². The predicted octanol–water partition coefficient (Wildman–Crippen LogP) is 3.64. The van der Waals surface area contributed by atoms with Crippen molar-refractivity contribution in [3.8, 4) is 11.8 Å². The standard InChI is InChI=1S/C20H13N3O3/c24-20(16-8-11-19(12-9-16)23(25)26)22-18-6-3-4-15(14-18)7-10-17-5-1-2-13-21-17/h1-6,8-9,11-14H,(H,22,24). The zero-order valence-corrected chi connectivity index (χ0v) is 13.5. The van der Waals surface area contributed by atoms with Gasteiger partial charge < -0.3 is 5.32 Å². The van der Waals surface area contributed by atoms with E-state index in [1.54, 1.807) is 24.4 Å². The summed E-state index contributed by atoms with van der Waals surface area (Å²) in [5, 5.41) is 13.4. The van der Waals surface area contributed by atoms with Crippen LogP contribution in [-0.2, 0) is 0 Å². The Morgan fingerprint density at radius 2 is 1.81 bits per heavy atom. The highest BCUT2D eigenvalue weighted by molar-refractivity contribution is 6.04. The third-order valence-corrected chi connectivity index (χ3v) is 3.46. The van der Waals surface area contributed by atoms with Crippen molar-refractivity contribution in [2.45, 2.75) is 0 Å². The molecule has 1 heterocycles. The highest BCUT2D eigenvalue weighted by Gasteiger charge is 2.09. The monoisotopic (exact) mass is 343 g/mol. The van der Waals surface area contributed by atoms with Crippen molar-refractivity contribution in [3.05, 3.63) is 99.9 Å². The van der Waals surface area contributed by atoms with E-state index < -0.39 is 4.92 Å². The molecule has 2 aromatic carbocycles. The summed E-state index contributed by atoms with van der Waals surface area (Å²) in [7, 11) is 0. The van der Waals surface area contributed by atoms with Gasteiger partial charge in [0.2, 0.25) is 0 Å². The zero-order chi connectivity index (χ0) is 18.4. The number of hydrogen-bond acceptors (Lipinski definition) is 4. The van der Waals surface area contributed by atoms with Crippen LogP contribution < -0.4 is 5.32 Å². The van der Waals surface area contributed by atoms with Crippen LogP contribution in [0, 0.1) is 22.0 Å². The predicted molar refractivity (Wildman–Crippen MR) is 97.7 cm³/mol. The first-order valence-corrected chi connectivity index (χ1v) is 7.71. The van der Waals surface area contributed by atoms with Crippen LogP contribution in [0.3, 0.4) is 0 Å². The number of aromatic nitrogens is 1. The summed E-state index contributed by atoms with van der Waals surface area (Å²) in [5.74, 6) is 5.60. The fourth-order valence-corrected chi connectivity index (χ4v) is 2.19. The van der Waals surface area contributed by atoms with Crippen molar-refractivity contribution < 1.29 is 9.72 Å². The number of nitrogens with zero attached hydrogens (tertiary/aromatic N) is 2. The number of amides is 1. The maximum absolute atomic E-state index is 12.3. The number of benzene rings is 2. The summed E-state index contributed by atoms with van der Waals surface area (Å²) in [6.45, 7) is 0. The Morgan fingerprint density at radius 1 is 1.00 bits per heavy atom. The molecule has 0 fully saturated rings. The molecule has 3 rings (SSSR count). The van der Waals surface area contributed by atoms with Gasteiger partial charge in [0.25, 0.3) is 11.6 Å². The summed E-state index contributed by atoms with van der Waals surface area (Å²) in [6.07, 6.45) is 1.67. The van der Waals surface area contributed by atoms with Gasteiger partial charge in [-0.3, -0.25) is 14.9 Å². The van der Waals surface area contributed by atoms with E-state index in [0.717, 1.165) is 5.56 Å². The lowest BCUT2D eigenvalue weighted by Crippen LogP contribution is -2.11. The number of nitrogens with one attached hydrogen (secondary N) is 1. The third kappa shape index (κ3) is 4.30. The second-order valence-electron chi connectivity index (χ2n) is 5.30. The Bertz CT molecular complexity index is 1000. The fraction of sp³-hybridized carbons (Fsp3) is 0. The number of pyridine rings is 1. The molecule has 0 saturated heterocycles. The molecule has 1 amide bonds. The van der Waals surface area contributed by atoms with Crippen LogP contribution in [0.4, 0.5) is 11.4 Å². The van der Waals surface area contributed by atoms with E-state index in [1.165, 1.54) is 24.3 Å². The molecule has 0 aliphatic heterocycles. The Hall–Kier alpha value is -3.98. The van der Waals surface area contributed by atoms with Crippen LogP contribution in [0.5, 0.6) is 0 Å². The number of hydrogen-bond donors (Lipinski definition) is 1. The average Bonchev–Trinajstić information content (AvgIpc) is 2.67. The summed E-state index contributed by atoms with van der Waals surface area (Å²) in [5.41, 5.74) is 2.25. The number of nitro groups is 1. The largest absolute Gasteiger partial charge is 0.322 e. The first kappa shape index (κ1) is 16.9. The van der Waals surface area contributed by atoms with Gasteiger partial charge in [-0.25, -0.2) is 4.98 Å². The lowest BCUT2D eigenvalue weighted by molar-refractivity contribution is -0.384. The van der Waals surface area contributed by atoms with Crippen LogP contribution in [0.1, 0.15) is 21.6 Å². The Labute approximate surface area is 149 Å².